The molecule has 2 saturated carbocycles. The molecule has 4 atom stereocenters. The Labute approximate surface area is 157 Å². The van der Waals surface area contributed by atoms with Gasteiger partial charge in [-0.25, -0.2) is 0 Å². The molecule has 0 aromatic heterocycles. The predicted octanol–water partition coefficient (Wildman–Crippen LogP) is 1.52. The van der Waals surface area contributed by atoms with Crippen LogP contribution in [0.15, 0.2) is 12.2 Å². The van der Waals surface area contributed by atoms with Crippen molar-refractivity contribution in [3.05, 3.63) is 12.2 Å². The molecule has 0 aromatic carbocycles. The van der Waals surface area contributed by atoms with Crippen LogP contribution in [0.25, 0.3) is 0 Å². The number of carboxylic acids is 1. The Morgan fingerprint density at radius 3 is 2.00 bits per heavy atom. The number of ether oxygens (including phenoxy) is 1. The first-order valence-electron chi connectivity index (χ1n) is 9.65. The van der Waals surface area contributed by atoms with Gasteiger partial charge in [-0.05, 0) is 38.0 Å². The van der Waals surface area contributed by atoms with Crippen molar-refractivity contribution in [3.8, 4) is 0 Å². The highest BCUT2D eigenvalue weighted by Gasteiger charge is 2.46. The Bertz CT molecular complexity index is 645. The number of ketones is 2. The summed E-state index contributed by atoms with van der Waals surface area (Å²) in [6.07, 6.45) is 5.82. The van der Waals surface area contributed by atoms with E-state index in [4.69, 9.17) is 9.84 Å². The topological polar surface area (TPSA) is 118 Å². The first-order valence-corrected chi connectivity index (χ1v) is 9.65. The molecule has 0 amide bonds. The molecular formula is C20H26O7. The minimum atomic E-state index is -1.13. The third-order valence-electron chi connectivity index (χ3n) is 6.30. The minimum Gasteiger partial charge on any atom is -0.481 e. The molecule has 0 aliphatic heterocycles. The van der Waals surface area contributed by atoms with Crippen LogP contribution >= 0.6 is 0 Å². The summed E-state index contributed by atoms with van der Waals surface area (Å²) >= 11 is 0. The average Bonchev–Trinajstić information content (AvgIpc) is 3.22. The number of carboxylic acid groups (broad SMARTS) is 1. The molecule has 148 valence electrons. The largest absolute Gasteiger partial charge is 0.481 e. The first-order chi connectivity index (χ1) is 12.9. The fourth-order valence-electron chi connectivity index (χ4n) is 4.80. The Hall–Kier alpha value is -2.02. The third-order valence-corrected chi connectivity index (χ3v) is 6.30. The van der Waals surface area contributed by atoms with Crippen molar-refractivity contribution in [1.82, 2.24) is 0 Å². The van der Waals surface area contributed by atoms with E-state index in [1.54, 1.807) is 0 Å². The number of aliphatic hydroxyl groups is 1. The molecular weight excluding hydrogens is 352 g/mol. The highest BCUT2D eigenvalue weighted by molar-refractivity contribution is 5.98. The maximum atomic E-state index is 12.4. The quantitative estimate of drug-likeness (QED) is 0.373. The number of fused-ring (bicyclic) bond motifs is 2. The lowest BCUT2D eigenvalue weighted by Crippen LogP contribution is -2.34. The second-order valence-electron chi connectivity index (χ2n) is 7.98. The number of rotatable bonds is 8. The van der Waals surface area contributed by atoms with Gasteiger partial charge in [0, 0.05) is 23.7 Å². The Balaban J connectivity index is 1.44. The molecule has 2 bridgehead atoms. The van der Waals surface area contributed by atoms with E-state index in [-0.39, 0.29) is 60.3 Å². The molecule has 0 saturated heterocycles. The number of Topliss-reactive ketones (excluding diaryl/α,β-unsaturated/α-hetero) is 2. The zero-order chi connectivity index (χ0) is 19.6. The normalized spacial score (nSPS) is 34.4. The summed E-state index contributed by atoms with van der Waals surface area (Å²) in [4.78, 5) is 47.1. The molecule has 3 aliphatic carbocycles. The van der Waals surface area contributed by atoms with E-state index in [2.05, 4.69) is 6.08 Å². The van der Waals surface area contributed by atoms with Gasteiger partial charge in [0.25, 0.3) is 0 Å². The van der Waals surface area contributed by atoms with Crippen LogP contribution in [0.4, 0.5) is 0 Å². The van der Waals surface area contributed by atoms with Crippen molar-refractivity contribution in [3.63, 3.8) is 0 Å². The predicted molar refractivity (Wildman–Crippen MR) is 93.5 cm³/mol. The van der Waals surface area contributed by atoms with Gasteiger partial charge in [0.15, 0.2) is 0 Å². The van der Waals surface area contributed by atoms with Crippen molar-refractivity contribution in [1.29, 1.82) is 0 Å². The number of hydrogen-bond acceptors (Lipinski definition) is 6. The highest BCUT2D eigenvalue weighted by atomic mass is 16.5. The van der Waals surface area contributed by atoms with Gasteiger partial charge in [-0.15, -0.1) is 0 Å². The van der Waals surface area contributed by atoms with Crippen molar-refractivity contribution in [2.24, 2.45) is 29.6 Å². The third kappa shape index (κ3) is 4.46. The van der Waals surface area contributed by atoms with Gasteiger partial charge in [-0.2, -0.15) is 0 Å². The summed E-state index contributed by atoms with van der Waals surface area (Å²) < 4.78 is 5.52. The molecule has 3 aliphatic rings. The molecule has 2 fully saturated rings. The van der Waals surface area contributed by atoms with Crippen molar-refractivity contribution in [2.45, 2.75) is 51.0 Å². The number of aliphatic carboxylic acids is 1. The van der Waals surface area contributed by atoms with Crippen LogP contribution in [0.3, 0.4) is 0 Å². The Kier molecular flexibility index (Phi) is 6.09. The number of esters is 1. The maximum Gasteiger partial charge on any atom is 0.313 e. The second-order valence-corrected chi connectivity index (χ2v) is 7.98. The minimum absolute atomic E-state index is 0.0359. The van der Waals surface area contributed by atoms with Gasteiger partial charge in [-0.1, -0.05) is 12.2 Å². The number of hydrogen-bond donors (Lipinski definition) is 2. The maximum absolute atomic E-state index is 12.4. The number of allylic oxidation sites excluding steroid dienone is 1. The summed E-state index contributed by atoms with van der Waals surface area (Å²) in [6, 6.07) is 0. The molecule has 3 rings (SSSR count). The lowest BCUT2D eigenvalue weighted by molar-refractivity contribution is -0.156. The van der Waals surface area contributed by atoms with Gasteiger partial charge < -0.3 is 14.9 Å². The molecule has 7 nitrogen and oxygen atoms in total. The number of carbonyl (C=O) groups excluding carboxylic acids is 3. The molecule has 7 heteroatoms. The second kappa shape index (κ2) is 8.33. The van der Waals surface area contributed by atoms with Gasteiger partial charge in [0.1, 0.15) is 30.5 Å². The van der Waals surface area contributed by atoms with Crippen LogP contribution in [0, 0.1) is 29.6 Å². The van der Waals surface area contributed by atoms with Crippen molar-refractivity contribution < 1.29 is 34.1 Å². The lowest BCUT2D eigenvalue weighted by Gasteiger charge is -2.28. The highest BCUT2D eigenvalue weighted by Crippen LogP contribution is 2.45. The van der Waals surface area contributed by atoms with Gasteiger partial charge in [0.2, 0.25) is 0 Å². The number of aliphatic hydroxyl groups excluding tert-OH is 1. The fourth-order valence-corrected chi connectivity index (χ4v) is 4.80. The van der Waals surface area contributed by atoms with Crippen LogP contribution in [0.5, 0.6) is 0 Å². The molecule has 0 aromatic rings. The lowest BCUT2D eigenvalue weighted by atomic mass is 9.77. The average molecular weight is 378 g/mol. The van der Waals surface area contributed by atoms with Crippen molar-refractivity contribution in [2.75, 3.05) is 6.61 Å². The molecule has 2 unspecified atom stereocenters. The first kappa shape index (κ1) is 19.7. The summed E-state index contributed by atoms with van der Waals surface area (Å²) in [6.45, 7) is -0.0359. The van der Waals surface area contributed by atoms with E-state index in [9.17, 15) is 24.3 Å². The zero-order valence-corrected chi connectivity index (χ0v) is 15.2. The molecule has 0 heterocycles. The van der Waals surface area contributed by atoms with E-state index in [1.807, 2.05) is 6.08 Å². The summed E-state index contributed by atoms with van der Waals surface area (Å²) in [7, 11) is 0. The van der Waals surface area contributed by atoms with E-state index < -0.39 is 18.4 Å². The van der Waals surface area contributed by atoms with Crippen LogP contribution in [-0.2, 0) is 23.9 Å². The SMILES string of the molecule is O=C(O)CC(=O)C1CCC(C(=O)CC(=O)O[C@@H]2C3C=CC(C3)[C@H]2CO)CC1. The van der Waals surface area contributed by atoms with Crippen LogP contribution < -0.4 is 0 Å². The smallest absolute Gasteiger partial charge is 0.313 e. The summed E-state index contributed by atoms with van der Waals surface area (Å²) in [5.74, 6) is -2.44. The summed E-state index contributed by atoms with van der Waals surface area (Å²) in [5.41, 5.74) is 0. The Morgan fingerprint density at radius 1 is 0.889 bits per heavy atom. The summed E-state index contributed by atoms with van der Waals surface area (Å²) in [5, 5.41) is 18.2. The van der Waals surface area contributed by atoms with Crippen LogP contribution in [0.2, 0.25) is 0 Å². The molecule has 27 heavy (non-hydrogen) atoms. The van der Waals surface area contributed by atoms with Crippen LogP contribution in [0.1, 0.15) is 44.9 Å². The van der Waals surface area contributed by atoms with Gasteiger partial charge in [-0.3, -0.25) is 19.2 Å². The van der Waals surface area contributed by atoms with Crippen molar-refractivity contribution >= 4 is 23.5 Å². The monoisotopic (exact) mass is 378 g/mol. The van der Waals surface area contributed by atoms with Gasteiger partial charge >= 0.3 is 11.9 Å². The number of carbonyl (C=O) groups is 4. The van der Waals surface area contributed by atoms with Gasteiger partial charge in [0.05, 0.1) is 6.61 Å². The van der Waals surface area contributed by atoms with E-state index in [1.165, 1.54) is 0 Å². The fraction of sp³-hybridized carbons (Fsp3) is 0.700. The van der Waals surface area contributed by atoms with E-state index >= 15 is 0 Å². The van der Waals surface area contributed by atoms with Crippen LogP contribution in [-0.4, -0.2) is 46.4 Å². The standard InChI is InChI=1S/C20H26O7/c21-10-15-13-5-6-14(7-13)20(15)27-19(26)9-17(23)12-3-1-11(2-4-12)16(22)8-18(24)25/h5-6,11-15,20-21H,1-4,7-10H2,(H,24,25)/t11?,12?,13?,14?,15-,20-/m1/s1. The molecule has 2 N–H and O–H groups in total. The molecule has 0 spiro atoms. The van der Waals surface area contributed by atoms with E-state index in [0.717, 1.165) is 6.42 Å². The zero-order valence-electron chi connectivity index (χ0n) is 15.2. The molecule has 0 radical (unpaired) electrons. The van der Waals surface area contributed by atoms with E-state index in [0.29, 0.717) is 25.7 Å². The Morgan fingerprint density at radius 2 is 1.44 bits per heavy atom.